The molecule has 2 aromatic heterocycles. The minimum Gasteiger partial charge on any atom is -0.389 e. The lowest BCUT2D eigenvalue weighted by atomic mass is 9.98. The van der Waals surface area contributed by atoms with E-state index >= 15 is 0 Å². The van der Waals surface area contributed by atoms with Gasteiger partial charge in [0.25, 0.3) is 0 Å². The summed E-state index contributed by atoms with van der Waals surface area (Å²) >= 11 is 0. The van der Waals surface area contributed by atoms with Crippen LogP contribution in [0.4, 0.5) is 4.39 Å². The fraction of sp³-hybridized carbons (Fsp3) is 0.448. The lowest BCUT2D eigenvalue weighted by Gasteiger charge is -2.31. The number of hydrogen-bond acceptors (Lipinski definition) is 4. The van der Waals surface area contributed by atoms with Crippen LogP contribution in [0.5, 0.6) is 0 Å². The van der Waals surface area contributed by atoms with Gasteiger partial charge in [0.1, 0.15) is 5.82 Å². The zero-order valence-corrected chi connectivity index (χ0v) is 21.6. The first kappa shape index (κ1) is 25.0. The number of nitrogens with zero attached hydrogens (tertiary/aromatic N) is 4. The predicted molar refractivity (Wildman–Crippen MR) is 142 cm³/mol. The largest absolute Gasteiger partial charge is 0.389 e. The monoisotopic (exact) mass is 475 g/mol. The van der Waals surface area contributed by atoms with E-state index in [0.29, 0.717) is 5.92 Å². The number of halogens is 1. The molecule has 186 valence electrons. The van der Waals surface area contributed by atoms with Gasteiger partial charge in [0.15, 0.2) is 5.65 Å². The standard InChI is InChI=1S/C29H38FN5/c1-7-15-31-19(3)9-10-22-13-14-24(30)17-25(22)21(5)34(6)28(8-2)27-18-29-32-26(23-11-12-23)16-20(4)35(29)33-27/h13-14,16-18,23,28,31H,3,5,7-12,15H2,1-2,4,6H3. The van der Waals surface area contributed by atoms with Crippen LogP contribution >= 0.6 is 0 Å². The lowest BCUT2D eigenvalue weighted by Crippen LogP contribution is -2.23. The van der Waals surface area contributed by atoms with Crippen molar-refractivity contribution in [2.45, 2.75) is 71.3 Å². The average molecular weight is 476 g/mol. The summed E-state index contributed by atoms with van der Waals surface area (Å²) in [7, 11) is 2.02. The Morgan fingerprint density at radius 3 is 2.69 bits per heavy atom. The maximum absolute atomic E-state index is 14.3. The van der Waals surface area contributed by atoms with E-state index in [1.807, 2.05) is 17.6 Å². The molecular formula is C29H38FN5. The van der Waals surface area contributed by atoms with E-state index in [4.69, 9.17) is 10.1 Å². The summed E-state index contributed by atoms with van der Waals surface area (Å²) in [5.74, 6) is 0.343. The molecule has 1 aromatic carbocycles. The first-order valence-electron chi connectivity index (χ1n) is 12.8. The van der Waals surface area contributed by atoms with E-state index in [9.17, 15) is 4.39 Å². The molecule has 2 heterocycles. The first-order valence-corrected chi connectivity index (χ1v) is 12.8. The number of fused-ring (bicyclic) bond motifs is 1. The molecule has 1 N–H and O–H groups in total. The van der Waals surface area contributed by atoms with Crippen molar-refractivity contribution in [2.75, 3.05) is 13.6 Å². The van der Waals surface area contributed by atoms with Gasteiger partial charge in [-0.05, 0) is 69.2 Å². The van der Waals surface area contributed by atoms with Crippen LogP contribution in [0.2, 0.25) is 0 Å². The fourth-order valence-electron chi connectivity index (χ4n) is 4.69. The normalized spacial score (nSPS) is 14.2. The maximum atomic E-state index is 14.3. The van der Waals surface area contributed by atoms with Gasteiger partial charge in [0, 0.05) is 53.9 Å². The minimum absolute atomic E-state index is 0.00489. The van der Waals surface area contributed by atoms with Crippen LogP contribution in [0.15, 0.2) is 49.2 Å². The second-order valence-electron chi connectivity index (χ2n) is 9.75. The van der Waals surface area contributed by atoms with Crippen molar-refractivity contribution in [3.63, 3.8) is 0 Å². The van der Waals surface area contributed by atoms with Crippen molar-refractivity contribution in [3.05, 3.63) is 83.2 Å². The van der Waals surface area contributed by atoms with Crippen LogP contribution in [0.3, 0.4) is 0 Å². The number of aromatic nitrogens is 3. The lowest BCUT2D eigenvalue weighted by molar-refractivity contribution is 0.338. The molecule has 0 radical (unpaired) electrons. The molecule has 0 amide bonds. The van der Waals surface area contributed by atoms with Crippen molar-refractivity contribution in [3.8, 4) is 0 Å². The van der Waals surface area contributed by atoms with Gasteiger partial charge in [-0.1, -0.05) is 33.1 Å². The highest BCUT2D eigenvalue weighted by Gasteiger charge is 2.27. The van der Waals surface area contributed by atoms with E-state index in [1.54, 1.807) is 6.07 Å². The van der Waals surface area contributed by atoms with Crippen LogP contribution in [-0.4, -0.2) is 33.1 Å². The highest BCUT2D eigenvalue weighted by atomic mass is 19.1. The maximum Gasteiger partial charge on any atom is 0.155 e. The Morgan fingerprint density at radius 2 is 2.00 bits per heavy atom. The third kappa shape index (κ3) is 5.58. The molecular weight excluding hydrogens is 437 g/mol. The summed E-state index contributed by atoms with van der Waals surface area (Å²) in [6.07, 6.45) is 5.92. The summed E-state index contributed by atoms with van der Waals surface area (Å²) in [5, 5.41) is 8.26. The number of rotatable bonds is 12. The van der Waals surface area contributed by atoms with Gasteiger partial charge in [-0.2, -0.15) is 5.10 Å². The average Bonchev–Trinajstić information content (AvgIpc) is 3.61. The van der Waals surface area contributed by atoms with Crippen LogP contribution < -0.4 is 5.32 Å². The van der Waals surface area contributed by atoms with Crippen molar-refractivity contribution in [2.24, 2.45) is 0 Å². The summed E-state index contributed by atoms with van der Waals surface area (Å²) in [6.45, 7) is 15.8. The number of hydrogen-bond donors (Lipinski definition) is 1. The molecule has 0 spiro atoms. The second kappa shape index (κ2) is 10.6. The Kier molecular flexibility index (Phi) is 7.58. The third-order valence-electron chi connectivity index (χ3n) is 6.96. The SMILES string of the molecule is C=C(CCc1ccc(F)cc1C(=C)N(C)C(CC)c1cc2nc(C3CC3)cc(C)n2n1)NCCC. The Morgan fingerprint density at radius 1 is 1.23 bits per heavy atom. The van der Waals surface area contributed by atoms with Crippen LogP contribution in [0.25, 0.3) is 11.3 Å². The highest BCUT2D eigenvalue weighted by molar-refractivity contribution is 5.65. The molecule has 0 bridgehead atoms. The Balaban J connectivity index is 1.58. The van der Waals surface area contributed by atoms with Crippen molar-refractivity contribution in [1.29, 1.82) is 0 Å². The summed E-state index contributed by atoms with van der Waals surface area (Å²) in [4.78, 5) is 7.01. The van der Waals surface area contributed by atoms with E-state index in [1.165, 1.54) is 24.6 Å². The summed E-state index contributed by atoms with van der Waals surface area (Å²) in [6, 6.07) is 9.25. The van der Waals surface area contributed by atoms with Crippen molar-refractivity contribution < 1.29 is 4.39 Å². The van der Waals surface area contributed by atoms with Crippen molar-refractivity contribution in [1.82, 2.24) is 24.8 Å². The van der Waals surface area contributed by atoms with E-state index in [2.05, 4.69) is 56.3 Å². The van der Waals surface area contributed by atoms with Crippen LogP contribution in [0, 0.1) is 12.7 Å². The van der Waals surface area contributed by atoms with E-state index in [-0.39, 0.29) is 11.9 Å². The van der Waals surface area contributed by atoms with Crippen LogP contribution in [0.1, 0.15) is 86.1 Å². The molecule has 3 aromatic rings. The molecule has 1 aliphatic carbocycles. The zero-order valence-electron chi connectivity index (χ0n) is 21.6. The van der Waals surface area contributed by atoms with Gasteiger partial charge < -0.3 is 10.2 Å². The van der Waals surface area contributed by atoms with Gasteiger partial charge in [0.2, 0.25) is 0 Å². The highest BCUT2D eigenvalue weighted by Crippen LogP contribution is 2.39. The molecule has 0 saturated heterocycles. The van der Waals surface area contributed by atoms with E-state index in [0.717, 1.165) is 71.8 Å². The minimum atomic E-state index is -0.255. The Labute approximate surface area is 208 Å². The van der Waals surface area contributed by atoms with Crippen LogP contribution in [-0.2, 0) is 6.42 Å². The molecule has 1 fully saturated rings. The number of allylic oxidation sites excluding steroid dienone is 1. The number of nitrogens with one attached hydrogen (secondary N) is 1. The Hall–Kier alpha value is -3.15. The first-order chi connectivity index (χ1) is 16.8. The quantitative estimate of drug-likeness (QED) is 0.322. The molecule has 1 saturated carbocycles. The summed E-state index contributed by atoms with van der Waals surface area (Å²) in [5.41, 5.74) is 7.82. The van der Waals surface area contributed by atoms with E-state index < -0.39 is 0 Å². The number of aryl methyl sites for hydroxylation is 2. The molecule has 0 aliphatic heterocycles. The third-order valence-corrected chi connectivity index (χ3v) is 6.96. The molecule has 1 aliphatic rings. The molecule has 4 rings (SSSR count). The number of benzene rings is 1. The molecule has 1 unspecified atom stereocenters. The molecule has 5 nitrogen and oxygen atoms in total. The topological polar surface area (TPSA) is 45.5 Å². The van der Waals surface area contributed by atoms with Crippen molar-refractivity contribution >= 4 is 11.3 Å². The molecule has 35 heavy (non-hydrogen) atoms. The predicted octanol–water partition coefficient (Wildman–Crippen LogP) is 6.55. The fourth-order valence-corrected chi connectivity index (χ4v) is 4.69. The van der Waals surface area contributed by atoms with Gasteiger partial charge in [-0.25, -0.2) is 13.9 Å². The molecule has 1 atom stereocenters. The van der Waals surface area contributed by atoms with Gasteiger partial charge in [-0.3, -0.25) is 0 Å². The van der Waals surface area contributed by atoms with Gasteiger partial charge >= 0.3 is 0 Å². The second-order valence-corrected chi connectivity index (χ2v) is 9.75. The molecule has 6 heteroatoms. The van der Waals surface area contributed by atoms with Gasteiger partial charge in [-0.15, -0.1) is 0 Å². The smallest absolute Gasteiger partial charge is 0.155 e. The van der Waals surface area contributed by atoms with Gasteiger partial charge in [0.05, 0.1) is 11.7 Å². The summed E-state index contributed by atoms with van der Waals surface area (Å²) < 4.78 is 16.3. The zero-order chi connectivity index (χ0) is 25.1. The Bertz CT molecular complexity index is 1220.